The van der Waals surface area contributed by atoms with E-state index in [1.807, 2.05) is 20.0 Å². The monoisotopic (exact) mass is 280 g/mol. The topological polar surface area (TPSA) is 24.5 Å². The fourth-order valence-corrected chi connectivity index (χ4v) is 2.81. The van der Waals surface area contributed by atoms with Gasteiger partial charge < -0.3 is 15.0 Å². The predicted molar refractivity (Wildman–Crippen MR) is 80.7 cm³/mol. The summed E-state index contributed by atoms with van der Waals surface area (Å²) >= 11 is 0. The molecule has 2 unspecified atom stereocenters. The van der Waals surface area contributed by atoms with E-state index in [0.717, 1.165) is 43.8 Å². The van der Waals surface area contributed by atoms with Crippen LogP contribution in [0.3, 0.4) is 0 Å². The molecule has 0 amide bonds. The third-order valence-corrected chi connectivity index (χ3v) is 4.07. The molecule has 1 aromatic rings. The van der Waals surface area contributed by atoms with Gasteiger partial charge in [0, 0.05) is 37.0 Å². The second-order valence-electron chi connectivity index (χ2n) is 5.36. The molecule has 1 heterocycles. The maximum absolute atomic E-state index is 14.2. The van der Waals surface area contributed by atoms with Gasteiger partial charge in [0.1, 0.15) is 5.82 Å². The molecular weight excluding hydrogens is 255 g/mol. The summed E-state index contributed by atoms with van der Waals surface area (Å²) in [6.45, 7) is 6.64. The highest BCUT2D eigenvalue weighted by Gasteiger charge is 2.22. The zero-order valence-corrected chi connectivity index (χ0v) is 12.7. The molecule has 2 atom stereocenters. The number of anilines is 1. The zero-order valence-electron chi connectivity index (χ0n) is 12.7. The van der Waals surface area contributed by atoms with E-state index in [2.05, 4.69) is 17.1 Å². The quantitative estimate of drug-likeness (QED) is 0.866. The molecule has 1 aliphatic heterocycles. The van der Waals surface area contributed by atoms with Gasteiger partial charge in [0.2, 0.25) is 0 Å². The Morgan fingerprint density at radius 3 is 2.90 bits per heavy atom. The van der Waals surface area contributed by atoms with Crippen LogP contribution in [0.4, 0.5) is 10.1 Å². The lowest BCUT2D eigenvalue weighted by Crippen LogP contribution is -2.33. The smallest absolute Gasteiger partial charge is 0.130 e. The second-order valence-corrected chi connectivity index (χ2v) is 5.36. The van der Waals surface area contributed by atoms with E-state index in [-0.39, 0.29) is 18.0 Å². The van der Waals surface area contributed by atoms with E-state index in [0.29, 0.717) is 0 Å². The Morgan fingerprint density at radius 2 is 2.30 bits per heavy atom. The van der Waals surface area contributed by atoms with Crippen molar-refractivity contribution >= 4 is 5.69 Å². The van der Waals surface area contributed by atoms with Gasteiger partial charge in [-0.1, -0.05) is 6.07 Å². The molecule has 0 aromatic heterocycles. The second kappa shape index (κ2) is 7.04. The third-order valence-electron chi connectivity index (χ3n) is 4.07. The fourth-order valence-electron chi connectivity index (χ4n) is 2.81. The lowest BCUT2D eigenvalue weighted by molar-refractivity contribution is 0.115. The van der Waals surface area contributed by atoms with Crippen molar-refractivity contribution in [2.45, 2.75) is 38.8 Å². The zero-order chi connectivity index (χ0) is 14.5. The summed E-state index contributed by atoms with van der Waals surface area (Å²) in [4.78, 5) is 2.22. The number of halogens is 1. The molecule has 112 valence electrons. The Kier molecular flexibility index (Phi) is 5.38. The van der Waals surface area contributed by atoms with E-state index in [4.69, 9.17) is 4.74 Å². The molecule has 1 N–H and O–H groups in total. The maximum atomic E-state index is 14.2. The van der Waals surface area contributed by atoms with Crippen LogP contribution in [-0.4, -0.2) is 32.8 Å². The Hall–Kier alpha value is -1.13. The highest BCUT2D eigenvalue weighted by Crippen LogP contribution is 2.29. The molecule has 0 aliphatic carbocycles. The van der Waals surface area contributed by atoms with Crippen molar-refractivity contribution in [3.8, 4) is 0 Å². The molecule has 1 aliphatic rings. The molecule has 1 saturated heterocycles. The van der Waals surface area contributed by atoms with Crippen LogP contribution >= 0.6 is 0 Å². The Balaban J connectivity index is 2.25. The Bertz CT molecular complexity index is 432. The highest BCUT2D eigenvalue weighted by atomic mass is 19.1. The third kappa shape index (κ3) is 3.30. The molecule has 0 radical (unpaired) electrons. The maximum Gasteiger partial charge on any atom is 0.130 e. The van der Waals surface area contributed by atoms with Gasteiger partial charge in [-0.15, -0.1) is 0 Å². The van der Waals surface area contributed by atoms with Gasteiger partial charge in [-0.2, -0.15) is 0 Å². The Labute approximate surface area is 121 Å². The average Bonchev–Trinajstić information content (AvgIpc) is 2.96. The van der Waals surface area contributed by atoms with Gasteiger partial charge in [-0.05, 0) is 45.9 Å². The molecular formula is C16H25FN2O. The molecule has 0 spiro atoms. The summed E-state index contributed by atoms with van der Waals surface area (Å²) in [5.41, 5.74) is 1.72. The van der Waals surface area contributed by atoms with Crippen LogP contribution in [0.2, 0.25) is 0 Å². The molecule has 4 heteroatoms. The van der Waals surface area contributed by atoms with E-state index in [1.165, 1.54) is 6.07 Å². The minimum absolute atomic E-state index is 0.00949. The van der Waals surface area contributed by atoms with Crippen molar-refractivity contribution in [1.29, 1.82) is 0 Å². The van der Waals surface area contributed by atoms with Crippen LogP contribution < -0.4 is 10.2 Å². The number of benzene rings is 1. The number of rotatable bonds is 6. The first-order valence-corrected chi connectivity index (χ1v) is 7.49. The van der Waals surface area contributed by atoms with Gasteiger partial charge in [0.25, 0.3) is 0 Å². The summed E-state index contributed by atoms with van der Waals surface area (Å²) in [6, 6.07) is 5.32. The van der Waals surface area contributed by atoms with Gasteiger partial charge >= 0.3 is 0 Å². The molecule has 0 saturated carbocycles. The minimum atomic E-state index is -0.143. The van der Waals surface area contributed by atoms with Crippen molar-refractivity contribution in [2.24, 2.45) is 0 Å². The van der Waals surface area contributed by atoms with Crippen LogP contribution in [0.1, 0.15) is 38.3 Å². The van der Waals surface area contributed by atoms with E-state index >= 15 is 0 Å². The van der Waals surface area contributed by atoms with Crippen molar-refractivity contribution in [3.05, 3.63) is 29.6 Å². The van der Waals surface area contributed by atoms with Crippen molar-refractivity contribution in [3.63, 3.8) is 0 Å². The molecule has 1 aromatic carbocycles. The van der Waals surface area contributed by atoms with Crippen molar-refractivity contribution in [1.82, 2.24) is 5.32 Å². The van der Waals surface area contributed by atoms with Crippen LogP contribution in [0.25, 0.3) is 0 Å². The van der Waals surface area contributed by atoms with Crippen LogP contribution in [0, 0.1) is 5.82 Å². The van der Waals surface area contributed by atoms with Crippen LogP contribution in [0.15, 0.2) is 18.2 Å². The average molecular weight is 280 g/mol. The number of hydrogen-bond acceptors (Lipinski definition) is 3. The summed E-state index contributed by atoms with van der Waals surface area (Å²) in [7, 11) is 1.86. The van der Waals surface area contributed by atoms with E-state index in [9.17, 15) is 4.39 Å². The lowest BCUT2D eigenvalue weighted by atomic mass is 10.0. The summed E-state index contributed by atoms with van der Waals surface area (Å²) in [5, 5.41) is 3.14. The molecule has 20 heavy (non-hydrogen) atoms. The molecule has 3 nitrogen and oxygen atoms in total. The summed E-state index contributed by atoms with van der Waals surface area (Å²) < 4.78 is 19.9. The van der Waals surface area contributed by atoms with Gasteiger partial charge in [0.05, 0.1) is 6.10 Å². The van der Waals surface area contributed by atoms with Crippen molar-refractivity contribution < 1.29 is 9.13 Å². The molecule has 1 fully saturated rings. The first-order valence-electron chi connectivity index (χ1n) is 7.49. The first kappa shape index (κ1) is 15.3. The van der Waals surface area contributed by atoms with E-state index in [1.54, 1.807) is 6.07 Å². The predicted octanol–water partition coefficient (Wildman–Crippen LogP) is 3.11. The number of ether oxygens (including phenoxy) is 1. The first-order chi connectivity index (χ1) is 9.67. The van der Waals surface area contributed by atoms with Crippen LogP contribution in [0.5, 0.6) is 0 Å². The van der Waals surface area contributed by atoms with Gasteiger partial charge in [-0.25, -0.2) is 4.39 Å². The number of hydrogen-bond donors (Lipinski definition) is 1. The highest BCUT2D eigenvalue weighted by molar-refractivity contribution is 5.55. The number of nitrogens with one attached hydrogen (secondary N) is 1. The largest absolute Gasteiger partial charge is 0.376 e. The Morgan fingerprint density at radius 1 is 1.50 bits per heavy atom. The van der Waals surface area contributed by atoms with Crippen molar-refractivity contribution in [2.75, 3.05) is 31.6 Å². The van der Waals surface area contributed by atoms with Gasteiger partial charge in [0.15, 0.2) is 0 Å². The normalized spacial score (nSPS) is 20.1. The summed E-state index contributed by atoms with van der Waals surface area (Å²) in [6.07, 6.45) is 2.50. The van der Waals surface area contributed by atoms with E-state index < -0.39 is 0 Å². The number of nitrogens with zero attached hydrogens (tertiary/aromatic N) is 1. The van der Waals surface area contributed by atoms with Gasteiger partial charge in [-0.3, -0.25) is 0 Å². The standard InChI is InChI=1S/C16H25FN2O/c1-4-19(11-13-7-6-10-20-13)15-9-5-8-14(17)16(15)12(2)18-3/h5,8-9,12-13,18H,4,6-7,10-11H2,1-3H3. The SMILES string of the molecule is CCN(CC1CCCO1)c1cccc(F)c1C(C)NC. The molecule has 0 bridgehead atoms. The summed E-state index contributed by atoms with van der Waals surface area (Å²) in [5.74, 6) is -0.143. The molecule has 2 rings (SSSR count). The van der Waals surface area contributed by atoms with Crippen LogP contribution in [-0.2, 0) is 4.74 Å². The lowest BCUT2D eigenvalue weighted by Gasteiger charge is -2.30. The fraction of sp³-hybridized carbons (Fsp3) is 0.625. The minimum Gasteiger partial charge on any atom is -0.376 e. The number of likely N-dealkylation sites (N-methyl/N-ethyl adjacent to an activating group) is 1.